The maximum absolute atomic E-state index is 13.2. The predicted octanol–water partition coefficient (Wildman–Crippen LogP) is 3.90. The van der Waals surface area contributed by atoms with Gasteiger partial charge in [-0.25, -0.2) is 4.39 Å². The van der Waals surface area contributed by atoms with Crippen LogP contribution in [0.25, 0.3) is 0 Å². The number of benzene rings is 1. The third-order valence-corrected chi connectivity index (χ3v) is 4.58. The van der Waals surface area contributed by atoms with Gasteiger partial charge in [0.15, 0.2) is 5.16 Å². The first-order valence-electron chi connectivity index (χ1n) is 7.06. The fourth-order valence-electron chi connectivity index (χ4n) is 2.09. The Bertz CT molecular complexity index is 862. The highest BCUT2D eigenvalue weighted by Crippen LogP contribution is 2.25. The summed E-state index contributed by atoms with van der Waals surface area (Å²) < 4.78 is 20.6. The van der Waals surface area contributed by atoms with Gasteiger partial charge in [-0.2, -0.15) is 10.2 Å². The van der Waals surface area contributed by atoms with Crippen molar-refractivity contribution in [2.24, 2.45) is 0 Å². The first-order chi connectivity index (χ1) is 11.4. The molecule has 2 rings (SSSR count). The van der Waals surface area contributed by atoms with Crippen LogP contribution in [0, 0.1) is 17.1 Å². The number of nitriles is 1. The number of halogens is 2. The van der Waals surface area contributed by atoms with Crippen molar-refractivity contribution in [3.63, 3.8) is 0 Å². The maximum Gasteiger partial charge on any atom is 0.272 e. The van der Waals surface area contributed by atoms with E-state index in [2.05, 4.69) is 20.9 Å². The topological polar surface area (TPSA) is 67.9 Å². The van der Waals surface area contributed by atoms with Crippen LogP contribution in [0.15, 0.2) is 32.6 Å². The Morgan fingerprint density at radius 2 is 2.21 bits per heavy atom. The van der Waals surface area contributed by atoms with E-state index in [0.29, 0.717) is 10.7 Å². The summed E-state index contributed by atoms with van der Waals surface area (Å²) in [4.78, 5) is 16.8. The SMILES string of the molecule is CSc1nc(OCc2ccc(F)cc2C#N)c(Br)c(=O)n1C(C)C. The van der Waals surface area contributed by atoms with Crippen LogP contribution in [0.2, 0.25) is 0 Å². The first-order valence-corrected chi connectivity index (χ1v) is 9.08. The van der Waals surface area contributed by atoms with Crippen molar-refractivity contribution in [3.8, 4) is 11.9 Å². The summed E-state index contributed by atoms with van der Waals surface area (Å²) >= 11 is 4.57. The highest BCUT2D eigenvalue weighted by Gasteiger charge is 2.18. The summed E-state index contributed by atoms with van der Waals surface area (Å²) in [7, 11) is 0. The molecule has 8 heteroatoms. The van der Waals surface area contributed by atoms with Crippen LogP contribution in [0.1, 0.15) is 31.0 Å². The second-order valence-electron chi connectivity index (χ2n) is 5.19. The maximum atomic E-state index is 13.2. The lowest BCUT2D eigenvalue weighted by Crippen LogP contribution is -2.26. The zero-order chi connectivity index (χ0) is 17.9. The lowest BCUT2D eigenvalue weighted by Gasteiger charge is -2.16. The van der Waals surface area contributed by atoms with Gasteiger partial charge in [-0.1, -0.05) is 17.8 Å². The summed E-state index contributed by atoms with van der Waals surface area (Å²) in [5.41, 5.74) is 0.469. The summed E-state index contributed by atoms with van der Waals surface area (Å²) in [5.74, 6) is -0.340. The molecule has 24 heavy (non-hydrogen) atoms. The fourth-order valence-corrected chi connectivity index (χ4v) is 3.15. The molecular weight excluding hydrogens is 397 g/mol. The quantitative estimate of drug-likeness (QED) is 0.551. The molecule has 1 aromatic heterocycles. The molecule has 0 radical (unpaired) electrons. The third kappa shape index (κ3) is 3.79. The van der Waals surface area contributed by atoms with Crippen LogP contribution in [0.3, 0.4) is 0 Å². The highest BCUT2D eigenvalue weighted by atomic mass is 79.9. The van der Waals surface area contributed by atoms with E-state index in [1.54, 1.807) is 4.57 Å². The molecule has 0 aliphatic carbocycles. The number of nitrogens with zero attached hydrogens (tertiary/aromatic N) is 3. The lowest BCUT2D eigenvalue weighted by atomic mass is 10.1. The molecule has 1 heterocycles. The Labute approximate surface area is 151 Å². The standard InChI is InChI=1S/C16H15BrFN3O2S/c1-9(2)21-15(22)13(17)14(20-16(21)24-3)23-8-10-4-5-12(18)6-11(10)7-19/h4-6,9H,8H2,1-3H3. The minimum Gasteiger partial charge on any atom is -0.472 e. The molecule has 2 aromatic rings. The van der Waals surface area contributed by atoms with E-state index in [9.17, 15) is 9.18 Å². The molecule has 0 bridgehead atoms. The van der Waals surface area contributed by atoms with Crippen molar-refractivity contribution in [1.82, 2.24) is 9.55 Å². The van der Waals surface area contributed by atoms with Crippen LogP contribution in [0.5, 0.6) is 5.88 Å². The molecular formula is C16H15BrFN3O2S. The average Bonchev–Trinajstić information content (AvgIpc) is 2.56. The minimum absolute atomic E-state index is 0.00766. The number of hydrogen-bond donors (Lipinski definition) is 0. The van der Waals surface area contributed by atoms with Gasteiger partial charge in [0, 0.05) is 11.6 Å². The lowest BCUT2D eigenvalue weighted by molar-refractivity contribution is 0.283. The smallest absolute Gasteiger partial charge is 0.272 e. The normalized spacial score (nSPS) is 10.7. The largest absolute Gasteiger partial charge is 0.472 e. The Morgan fingerprint density at radius 3 is 2.79 bits per heavy atom. The van der Waals surface area contributed by atoms with Gasteiger partial charge >= 0.3 is 0 Å². The molecule has 126 valence electrons. The van der Waals surface area contributed by atoms with Crippen molar-refractivity contribution in [2.45, 2.75) is 31.7 Å². The Morgan fingerprint density at radius 1 is 1.50 bits per heavy atom. The Balaban J connectivity index is 2.37. The summed E-state index contributed by atoms with van der Waals surface area (Å²) in [5, 5.41) is 9.60. The van der Waals surface area contributed by atoms with Crippen molar-refractivity contribution < 1.29 is 9.13 Å². The second kappa shape index (κ2) is 7.81. The van der Waals surface area contributed by atoms with Gasteiger partial charge in [-0.05, 0) is 48.2 Å². The van der Waals surface area contributed by atoms with Gasteiger partial charge in [0.2, 0.25) is 5.88 Å². The molecule has 0 amide bonds. The van der Waals surface area contributed by atoms with Crippen molar-refractivity contribution >= 4 is 27.7 Å². The number of ether oxygens (including phenoxy) is 1. The molecule has 0 aliphatic rings. The van der Waals surface area contributed by atoms with E-state index < -0.39 is 5.82 Å². The molecule has 0 aliphatic heterocycles. The predicted molar refractivity (Wildman–Crippen MR) is 93.8 cm³/mol. The molecule has 0 N–H and O–H groups in total. The molecule has 1 aromatic carbocycles. The average molecular weight is 412 g/mol. The molecule has 5 nitrogen and oxygen atoms in total. The molecule has 0 saturated heterocycles. The Hall–Kier alpha value is -1.85. The van der Waals surface area contributed by atoms with Crippen molar-refractivity contribution in [2.75, 3.05) is 6.26 Å². The van der Waals surface area contributed by atoms with E-state index in [0.717, 1.165) is 6.07 Å². The van der Waals surface area contributed by atoms with E-state index in [4.69, 9.17) is 10.00 Å². The highest BCUT2D eigenvalue weighted by molar-refractivity contribution is 9.10. The van der Waals surface area contributed by atoms with Crippen LogP contribution < -0.4 is 10.3 Å². The van der Waals surface area contributed by atoms with Crippen LogP contribution in [-0.4, -0.2) is 15.8 Å². The molecule has 0 spiro atoms. The van der Waals surface area contributed by atoms with Gasteiger partial charge in [0.25, 0.3) is 5.56 Å². The number of thioether (sulfide) groups is 1. The first kappa shape index (κ1) is 18.5. The minimum atomic E-state index is -0.487. The van der Waals surface area contributed by atoms with Crippen LogP contribution in [0.4, 0.5) is 4.39 Å². The van der Waals surface area contributed by atoms with Crippen LogP contribution >= 0.6 is 27.7 Å². The van der Waals surface area contributed by atoms with Gasteiger partial charge in [0.05, 0.1) is 11.6 Å². The Kier molecular flexibility index (Phi) is 6.02. The van der Waals surface area contributed by atoms with Gasteiger partial charge < -0.3 is 4.74 Å². The van der Waals surface area contributed by atoms with Crippen molar-refractivity contribution in [3.05, 3.63) is 50.0 Å². The molecule has 0 unspecified atom stereocenters. The summed E-state index contributed by atoms with van der Waals surface area (Å²) in [6, 6.07) is 5.76. The van der Waals surface area contributed by atoms with Crippen molar-refractivity contribution in [1.29, 1.82) is 5.26 Å². The fraction of sp³-hybridized carbons (Fsp3) is 0.312. The second-order valence-corrected chi connectivity index (χ2v) is 6.75. The molecule has 0 atom stereocenters. The van der Waals surface area contributed by atoms with E-state index in [-0.39, 0.29) is 34.1 Å². The zero-order valence-corrected chi connectivity index (χ0v) is 15.7. The summed E-state index contributed by atoms with van der Waals surface area (Å²) in [6.07, 6.45) is 1.83. The van der Waals surface area contributed by atoms with E-state index in [1.807, 2.05) is 26.2 Å². The van der Waals surface area contributed by atoms with Gasteiger partial charge in [0.1, 0.15) is 16.9 Å². The molecule has 0 saturated carbocycles. The number of rotatable bonds is 5. The number of aromatic nitrogens is 2. The summed E-state index contributed by atoms with van der Waals surface area (Å²) in [6.45, 7) is 3.80. The van der Waals surface area contributed by atoms with E-state index >= 15 is 0 Å². The third-order valence-electron chi connectivity index (χ3n) is 3.25. The molecule has 0 fully saturated rings. The monoisotopic (exact) mass is 411 g/mol. The van der Waals surface area contributed by atoms with Crippen LogP contribution in [-0.2, 0) is 6.61 Å². The van der Waals surface area contributed by atoms with E-state index in [1.165, 1.54) is 23.9 Å². The number of hydrogen-bond acceptors (Lipinski definition) is 5. The van der Waals surface area contributed by atoms with Gasteiger partial charge in [-0.3, -0.25) is 9.36 Å². The van der Waals surface area contributed by atoms with Gasteiger partial charge in [-0.15, -0.1) is 0 Å². The zero-order valence-electron chi connectivity index (χ0n) is 13.3.